The van der Waals surface area contributed by atoms with Gasteiger partial charge in [0, 0.05) is 12.7 Å². The fourth-order valence-electron chi connectivity index (χ4n) is 1.88. The van der Waals surface area contributed by atoms with Crippen LogP contribution in [0.1, 0.15) is 0 Å². The lowest BCUT2D eigenvalue weighted by Crippen LogP contribution is -2.29. The number of halogens is 1. The Morgan fingerprint density at radius 3 is 2.48 bits per heavy atom. The quantitative estimate of drug-likeness (QED) is 0.780. The maximum atomic E-state index is 13.1. The molecule has 0 aromatic heterocycles. The molecule has 0 unspecified atom stereocenters. The van der Waals surface area contributed by atoms with Gasteiger partial charge in [-0.15, -0.1) is 0 Å². The van der Waals surface area contributed by atoms with Gasteiger partial charge >= 0.3 is 7.12 Å². The average Bonchev–Trinajstić information content (AvgIpc) is 2.47. The van der Waals surface area contributed by atoms with Gasteiger partial charge in [0.2, 0.25) is 0 Å². The molecule has 2 aromatic rings. The second-order valence-corrected chi connectivity index (χ2v) is 4.69. The van der Waals surface area contributed by atoms with Gasteiger partial charge in [-0.05, 0) is 35.8 Å². The maximum Gasteiger partial charge on any atom is 0.488 e. The number of anilines is 1. The van der Waals surface area contributed by atoms with Gasteiger partial charge in [0.15, 0.2) is 0 Å². The normalized spacial score (nSPS) is 10.3. The van der Waals surface area contributed by atoms with Crippen LogP contribution in [0.2, 0.25) is 0 Å². The zero-order chi connectivity index (χ0) is 15.2. The van der Waals surface area contributed by atoms with Gasteiger partial charge in [-0.25, -0.2) is 4.39 Å². The van der Waals surface area contributed by atoms with Crippen LogP contribution >= 0.6 is 0 Å². The first-order valence-corrected chi connectivity index (χ1v) is 6.62. The third-order valence-corrected chi connectivity index (χ3v) is 3.12. The maximum absolute atomic E-state index is 13.1. The molecule has 4 nitrogen and oxygen atoms in total. The van der Waals surface area contributed by atoms with E-state index in [1.165, 1.54) is 12.1 Å². The minimum atomic E-state index is -1.47. The van der Waals surface area contributed by atoms with Crippen molar-refractivity contribution in [3.05, 3.63) is 54.3 Å². The fraction of sp³-hybridized carbons (Fsp3) is 0.200. The van der Waals surface area contributed by atoms with Crippen LogP contribution in [-0.2, 0) is 0 Å². The Balaban J connectivity index is 1.83. The molecule has 0 fully saturated rings. The summed E-state index contributed by atoms with van der Waals surface area (Å²) in [6, 6.07) is 12.9. The van der Waals surface area contributed by atoms with E-state index in [2.05, 4.69) is 0 Å². The number of hydrogen-bond acceptors (Lipinski definition) is 4. The summed E-state index contributed by atoms with van der Waals surface area (Å²) in [5.74, 6) is 0.380. The van der Waals surface area contributed by atoms with Crippen molar-refractivity contribution in [2.45, 2.75) is 0 Å². The van der Waals surface area contributed by atoms with Crippen LogP contribution in [0.5, 0.6) is 5.75 Å². The Labute approximate surface area is 123 Å². The van der Waals surface area contributed by atoms with Crippen molar-refractivity contribution in [1.29, 1.82) is 0 Å². The van der Waals surface area contributed by atoms with E-state index in [9.17, 15) is 4.39 Å². The third-order valence-electron chi connectivity index (χ3n) is 3.12. The Morgan fingerprint density at radius 1 is 1.14 bits per heavy atom. The van der Waals surface area contributed by atoms with E-state index in [1.54, 1.807) is 30.3 Å². The van der Waals surface area contributed by atoms with Crippen LogP contribution in [0.15, 0.2) is 48.5 Å². The average molecular weight is 289 g/mol. The fourth-order valence-corrected chi connectivity index (χ4v) is 1.88. The molecule has 2 rings (SSSR count). The van der Waals surface area contributed by atoms with Gasteiger partial charge in [0.1, 0.15) is 18.2 Å². The summed E-state index contributed by atoms with van der Waals surface area (Å²) in [6.07, 6.45) is 0. The zero-order valence-corrected chi connectivity index (χ0v) is 11.7. The van der Waals surface area contributed by atoms with Gasteiger partial charge in [-0.2, -0.15) is 0 Å². The highest BCUT2D eigenvalue weighted by atomic mass is 19.1. The smallest absolute Gasteiger partial charge is 0.488 e. The molecule has 2 N–H and O–H groups in total. The van der Waals surface area contributed by atoms with Gasteiger partial charge in [-0.3, -0.25) is 0 Å². The van der Waals surface area contributed by atoms with E-state index in [-0.39, 0.29) is 5.82 Å². The highest BCUT2D eigenvalue weighted by Crippen LogP contribution is 2.14. The van der Waals surface area contributed by atoms with Crippen LogP contribution in [0.4, 0.5) is 10.1 Å². The van der Waals surface area contributed by atoms with Crippen molar-refractivity contribution in [3.63, 3.8) is 0 Å². The van der Waals surface area contributed by atoms with Crippen molar-refractivity contribution < 1.29 is 19.2 Å². The lowest BCUT2D eigenvalue weighted by Gasteiger charge is -2.19. The lowest BCUT2D eigenvalue weighted by atomic mass is 9.80. The van der Waals surface area contributed by atoms with Crippen LogP contribution in [0.25, 0.3) is 0 Å². The molecular formula is C15H17BFNO3. The van der Waals surface area contributed by atoms with Crippen molar-refractivity contribution in [2.24, 2.45) is 0 Å². The minimum absolute atomic E-state index is 0.265. The third kappa shape index (κ3) is 4.48. The molecular weight excluding hydrogens is 272 g/mol. The van der Waals surface area contributed by atoms with Gasteiger partial charge in [-0.1, -0.05) is 18.2 Å². The van der Waals surface area contributed by atoms with Crippen LogP contribution in [-0.4, -0.2) is 37.4 Å². The molecule has 6 heteroatoms. The Hall–Kier alpha value is -2.05. The highest BCUT2D eigenvalue weighted by molar-refractivity contribution is 6.58. The molecule has 0 bridgehead atoms. The molecule has 110 valence electrons. The molecule has 0 aliphatic rings. The summed E-state index contributed by atoms with van der Waals surface area (Å²) < 4.78 is 18.7. The van der Waals surface area contributed by atoms with Crippen molar-refractivity contribution in [3.8, 4) is 5.75 Å². The van der Waals surface area contributed by atoms with Crippen LogP contribution in [0, 0.1) is 5.82 Å². The number of rotatable bonds is 6. The SMILES string of the molecule is CN(CCOc1ccc(B(O)O)cc1)c1cccc(F)c1. The Bertz CT molecular complexity index is 577. The molecule has 2 aromatic carbocycles. The van der Waals surface area contributed by atoms with E-state index < -0.39 is 7.12 Å². The van der Waals surface area contributed by atoms with E-state index in [4.69, 9.17) is 14.8 Å². The second kappa shape index (κ2) is 7.10. The molecule has 0 amide bonds. The van der Waals surface area contributed by atoms with E-state index >= 15 is 0 Å². The number of nitrogens with zero attached hydrogens (tertiary/aromatic N) is 1. The molecule has 0 heterocycles. The topological polar surface area (TPSA) is 52.9 Å². The largest absolute Gasteiger partial charge is 0.492 e. The van der Waals surface area contributed by atoms with Gasteiger partial charge < -0.3 is 19.7 Å². The van der Waals surface area contributed by atoms with Crippen molar-refractivity contribution in [2.75, 3.05) is 25.1 Å². The molecule has 0 atom stereocenters. The predicted molar refractivity (Wildman–Crippen MR) is 81.4 cm³/mol. The van der Waals surface area contributed by atoms with Crippen molar-refractivity contribution in [1.82, 2.24) is 0 Å². The Morgan fingerprint density at radius 2 is 1.86 bits per heavy atom. The predicted octanol–water partition coefficient (Wildman–Crippen LogP) is 1.02. The number of benzene rings is 2. The van der Waals surface area contributed by atoms with E-state index in [1.807, 2.05) is 18.0 Å². The van der Waals surface area contributed by atoms with Crippen molar-refractivity contribution >= 4 is 18.3 Å². The molecule has 0 saturated carbocycles. The van der Waals surface area contributed by atoms with Crippen LogP contribution in [0.3, 0.4) is 0 Å². The van der Waals surface area contributed by atoms with Gasteiger partial charge in [0.25, 0.3) is 0 Å². The summed E-state index contributed by atoms with van der Waals surface area (Å²) in [6.45, 7) is 1.04. The molecule has 0 saturated heterocycles. The number of hydrogen-bond donors (Lipinski definition) is 2. The van der Waals surface area contributed by atoms with E-state index in [0.29, 0.717) is 24.4 Å². The summed E-state index contributed by atoms with van der Waals surface area (Å²) in [5, 5.41) is 18.0. The first-order valence-electron chi connectivity index (χ1n) is 6.62. The first-order chi connectivity index (χ1) is 10.1. The summed E-state index contributed by atoms with van der Waals surface area (Å²) in [7, 11) is 0.391. The summed E-state index contributed by atoms with van der Waals surface area (Å²) in [4.78, 5) is 1.90. The highest BCUT2D eigenvalue weighted by Gasteiger charge is 2.10. The lowest BCUT2D eigenvalue weighted by molar-refractivity contribution is 0.326. The number of likely N-dealkylation sites (N-methyl/N-ethyl adjacent to an activating group) is 1. The van der Waals surface area contributed by atoms with E-state index in [0.717, 1.165) is 5.69 Å². The summed E-state index contributed by atoms with van der Waals surface area (Å²) >= 11 is 0. The molecule has 0 radical (unpaired) electrons. The number of ether oxygens (including phenoxy) is 1. The summed E-state index contributed by atoms with van der Waals surface area (Å²) in [5.41, 5.74) is 1.21. The monoisotopic (exact) mass is 289 g/mol. The molecule has 0 aliphatic heterocycles. The van der Waals surface area contributed by atoms with Gasteiger partial charge in [0.05, 0.1) is 6.54 Å². The molecule has 0 aliphatic carbocycles. The minimum Gasteiger partial charge on any atom is -0.492 e. The first kappa shape index (κ1) is 15.3. The molecule has 0 spiro atoms. The standard InChI is InChI=1S/C15H17BFNO3/c1-18(14-4-2-3-13(17)11-14)9-10-21-15-7-5-12(6-8-15)16(19)20/h2-8,11,19-20H,9-10H2,1H3. The second-order valence-electron chi connectivity index (χ2n) is 4.69. The zero-order valence-electron chi connectivity index (χ0n) is 11.7. The molecule has 21 heavy (non-hydrogen) atoms. The Kier molecular flexibility index (Phi) is 5.19. The van der Waals surface area contributed by atoms with Crippen LogP contribution < -0.4 is 15.1 Å².